The van der Waals surface area contributed by atoms with Crippen molar-refractivity contribution in [1.29, 1.82) is 0 Å². The number of Topliss-reactive ketones (excluding diaryl/α,β-unsaturated/α-hetero) is 1. The Kier molecular flexibility index (Phi) is 3.86. The summed E-state index contributed by atoms with van der Waals surface area (Å²) in [5, 5.41) is 0.630. The Morgan fingerprint density at radius 2 is 2.16 bits per heavy atom. The lowest BCUT2D eigenvalue weighted by atomic mass is 10.2. The van der Waals surface area contributed by atoms with E-state index in [-0.39, 0.29) is 23.8 Å². The number of thiophene rings is 1. The van der Waals surface area contributed by atoms with Crippen molar-refractivity contribution in [3.05, 3.63) is 10.6 Å². The number of nitrogens with two attached hydrogens (primary N) is 1. The standard InChI is InChI=1S/C12H13NO4S2/c1-4-16-11(15)9-7(13)6-8(17-9)10(5(2)14)19-12(6)18-3/h4,13H2,1-3H3. The predicted octanol–water partition coefficient (Wildman–Crippen LogP) is 3.18. The number of ether oxygens (including phenoxy) is 1. The molecule has 0 unspecified atom stereocenters. The Bertz CT molecular complexity index is 656. The highest BCUT2D eigenvalue weighted by Crippen LogP contribution is 2.43. The van der Waals surface area contributed by atoms with Gasteiger partial charge in [-0.1, -0.05) is 0 Å². The number of nitrogen functional groups attached to an aromatic ring is 1. The van der Waals surface area contributed by atoms with Gasteiger partial charge in [-0.2, -0.15) is 0 Å². The molecular weight excluding hydrogens is 286 g/mol. The van der Waals surface area contributed by atoms with Gasteiger partial charge in [-0.3, -0.25) is 4.79 Å². The van der Waals surface area contributed by atoms with Gasteiger partial charge in [0.05, 0.1) is 21.9 Å². The minimum absolute atomic E-state index is 0.0301. The van der Waals surface area contributed by atoms with Crippen LogP contribution in [0, 0.1) is 0 Å². The predicted molar refractivity (Wildman–Crippen MR) is 76.2 cm³/mol. The largest absolute Gasteiger partial charge is 0.460 e. The zero-order chi connectivity index (χ0) is 14.2. The summed E-state index contributed by atoms with van der Waals surface area (Å²) in [5.74, 6) is -0.750. The molecule has 2 aromatic heterocycles. The first-order valence-corrected chi connectivity index (χ1v) is 7.62. The summed E-state index contributed by atoms with van der Waals surface area (Å²) in [6.07, 6.45) is 1.88. The molecule has 0 radical (unpaired) electrons. The summed E-state index contributed by atoms with van der Waals surface area (Å²) in [6.45, 7) is 3.39. The fraction of sp³-hybridized carbons (Fsp3) is 0.333. The summed E-state index contributed by atoms with van der Waals surface area (Å²) >= 11 is 2.79. The molecule has 0 saturated heterocycles. The van der Waals surface area contributed by atoms with Gasteiger partial charge in [-0.15, -0.1) is 23.1 Å². The number of carbonyl (C=O) groups is 2. The Hall–Kier alpha value is -1.47. The van der Waals surface area contributed by atoms with Crippen molar-refractivity contribution in [2.45, 2.75) is 18.1 Å². The Balaban J connectivity index is 2.68. The Labute approximate surface area is 118 Å². The van der Waals surface area contributed by atoms with E-state index in [4.69, 9.17) is 14.9 Å². The molecule has 0 saturated carbocycles. The minimum atomic E-state index is -0.609. The monoisotopic (exact) mass is 299 g/mol. The van der Waals surface area contributed by atoms with Crippen LogP contribution in [0.25, 0.3) is 11.0 Å². The molecule has 7 heteroatoms. The lowest BCUT2D eigenvalue weighted by Gasteiger charge is -1.99. The molecule has 0 amide bonds. The molecule has 2 aromatic rings. The number of anilines is 1. The van der Waals surface area contributed by atoms with Gasteiger partial charge in [-0.05, 0) is 13.2 Å². The Morgan fingerprint density at radius 3 is 2.68 bits per heavy atom. The number of carbonyl (C=O) groups excluding carboxylic acids is 2. The first-order valence-electron chi connectivity index (χ1n) is 5.58. The molecule has 102 valence electrons. The minimum Gasteiger partial charge on any atom is -0.460 e. The van der Waals surface area contributed by atoms with E-state index in [9.17, 15) is 9.59 Å². The highest BCUT2D eigenvalue weighted by atomic mass is 32.2. The number of ketones is 1. The molecule has 2 heterocycles. The van der Waals surface area contributed by atoms with Crippen LogP contribution in [0.1, 0.15) is 34.1 Å². The van der Waals surface area contributed by atoms with Crippen molar-refractivity contribution in [3.63, 3.8) is 0 Å². The molecule has 0 bridgehead atoms. The van der Waals surface area contributed by atoms with Gasteiger partial charge < -0.3 is 14.9 Å². The summed E-state index contributed by atoms with van der Waals surface area (Å²) in [5.41, 5.74) is 6.56. The highest BCUT2D eigenvalue weighted by molar-refractivity contribution is 8.00. The van der Waals surface area contributed by atoms with Crippen LogP contribution in [-0.4, -0.2) is 24.6 Å². The van der Waals surface area contributed by atoms with Crippen molar-refractivity contribution in [3.8, 4) is 0 Å². The van der Waals surface area contributed by atoms with Crippen LogP contribution in [0.5, 0.6) is 0 Å². The van der Waals surface area contributed by atoms with Gasteiger partial charge in [0.1, 0.15) is 4.88 Å². The fourth-order valence-corrected chi connectivity index (χ4v) is 3.58. The second-order valence-electron chi connectivity index (χ2n) is 3.75. The van der Waals surface area contributed by atoms with E-state index >= 15 is 0 Å². The van der Waals surface area contributed by atoms with Gasteiger partial charge >= 0.3 is 5.97 Å². The summed E-state index contributed by atoms with van der Waals surface area (Å²) in [7, 11) is 0. The first-order chi connectivity index (χ1) is 9.01. The van der Waals surface area contributed by atoms with E-state index in [1.165, 1.54) is 30.0 Å². The molecule has 0 fully saturated rings. The second-order valence-corrected chi connectivity index (χ2v) is 5.84. The van der Waals surface area contributed by atoms with Crippen LogP contribution >= 0.6 is 23.1 Å². The first kappa shape index (κ1) is 14.0. The van der Waals surface area contributed by atoms with Crippen LogP contribution in [0.15, 0.2) is 8.63 Å². The average molecular weight is 299 g/mol. The molecule has 0 aliphatic rings. The van der Waals surface area contributed by atoms with Crippen LogP contribution in [0.2, 0.25) is 0 Å². The summed E-state index contributed by atoms with van der Waals surface area (Å²) < 4.78 is 11.2. The van der Waals surface area contributed by atoms with E-state index in [2.05, 4.69) is 0 Å². The molecule has 0 aliphatic heterocycles. The van der Waals surface area contributed by atoms with E-state index in [0.29, 0.717) is 15.8 Å². The fourth-order valence-electron chi connectivity index (χ4n) is 1.72. The second kappa shape index (κ2) is 5.26. The smallest absolute Gasteiger partial charge is 0.376 e. The zero-order valence-corrected chi connectivity index (χ0v) is 12.4. The van der Waals surface area contributed by atoms with Crippen molar-refractivity contribution in [2.24, 2.45) is 0 Å². The number of thioether (sulfide) groups is 1. The topological polar surface area (TPSA) is 82.5 Å². The van der Waals surface area contributed by atoms with Crippen molar-refractivity contribution < 1.29 is 18.7 Å². The van der Waals surface area contributed by atoms with E-state index in [0.717, 1.165) is 4.21 Å². The van der Waals surface area contributed by atoms with Gasteiger partial charge in [0.2, 0.25) is 5.76 Å². The zero-order valence-electron chi connectivity index (χ0n) is 10.7. The van der Waals surface area contributed by atoms with Crippen molar-refractivity contribution >= 4 is 51.5 Å². The number of esters is 1. The maximum Gasteiger partial charge on any atom is 0.376 e. The number of fused-ring (bicyclic) bond motifs is 1. The summed E-state index contributed by atoms with van der Waals surface area (Å²) in [4.78, 5) is 23.8. The third-order valence-electron chi connectivity index (χ3n) is 2.52. The molecule has 19 heavy (non-hydrogen) atoms. The SMILES string of the molecule is CCOC(=O)c1oc2c(C(C)=O)sc(SC)c2c1N. The molecule has 2 N–H and O–H groups in total. The van der Waals surface area contributed by atoms with Gasteiger partial charge in [0.25, 0.3) is 0 Å². The lowest BCUT2D eigenvalue weighted by Crippen LogP contribution is -2.05. The van der Waals surface area contributed by atoms with Crippen LogP contribution in [0.3, 0.4) is 0 Å². The molecular formula is C12H13NO4S2. The van der Waals surface area contributed by atoms with Crippen LogP contribution in [0.4, 0.5) is 5.69 Å². The normalized spacial score (nSPS) is 10.9. The molecule has 0 spiro atoms. The van der Waals surface area contributed by atoms with Crippen molar-refractivity contribution in [1.82, 2.24) is 0 Å². The number of furan rings is 1. The van der Waals surface area contributed by atoms with Gasteiger partial charge in [-0.25, -0.2) is 4.79 Å². The summed E-state index contributed by atoms with van der Waals surface area (Å²) in [6, 6.07) is 0. The number of hydrogen-bond donors (Lipinski definition) is 1. The van der Waals surface area contributed by atoms with Crippen LogP contribution < -0.4 is 5.73 Å². The molecule has 0 atom stereocenters. The van der Waals surface area contributed by atoms with Gasteiger partial charge in [0.15, 0.2) is 11.4 Å². The number of rotatable bonds is 4. The number of hydrogen-bond acceptors (Lipinski definition) is 7. The van der Waals surface area contributed by atoms with Crippen LogP contribution in [-0.2, 0) is 4.74 Å². The quantitative estimate of drug-likeness (QED) is 0.530. The van der Waals surface area contributed by atoms with E-state index < -0.39 is 5.97 Å². The van der Waals surface area contributed by atoms with E-state index in [1.807, 2.05) is 6.26 Å². The van der Waals surface area contributed by atoms with Gasteiger partial charge in [0, 0.05) is 6.92 Å². The third kappa shape index (κ3) is 2.23. The lowest BCUT2D eigenvalue weighted by molar-refractivity contribution is 0.0494. The maximum absolute atomic E-state index is 11.7. The third-order valence-corrected chi connectivity index (χ3v) is 4.91. The van der Waals surface area contributed by atoms with E-state index in [1.54, 1.807) is 6.92 Å². The van der Waals surface area contributed by atoms with Crippen molar-refractivity contribution in [2.75, 3.05) is 18.6 Å². The Morgan fingerprint density at radius 1 is 1.47 bits per heavy atom. The molecule has 0 aliphatic carbocycles. The highest BCUT2D eigenvalue weighted by Gasteiger charge is 2.27. The maximum atomic E-state index is 11.7. The molecule has 0 aromatic carbocycles. The molecule has 5 nitrogen and oxygen atoms in total. The average Bonchev–Trinajstić information content (AvgIpc) is 2.88. The molecule has 2 rings (SSSR count).